The largest absolute Gasteiger partial charge is 0.480 e. The highest BCUT2D eigenvalue weighted by molar-refractivity contribution is 9.10. The Bertz CT molecular complexity index is 886. The van der Waals surface area contributed by atoms with Gasteiger partial charge in [0, 0.05) is 31.2 Å². The molecule has 1 aliphatic heterocycles. The number of amides is 2. The lowest BCUT2D eigenvalue weighted by molar-refractivity contribution is -0.143. The van der Waals surface area contributed by atoms with Gasteiger partial charge in [0.1, 0.15) is 11.6 Å². The van der Waals surface area contributed by atoms with Gasteiger partial charge in [-0.3, -0.25) is 9.59 Å². The van der Waals surface area contributed by atoms with Gasteiger partial charge in [-0.2, -0.15) is 0 Å². The first kappa shape index (κ1) is 21.6. The van der Waals surface area contributed by atoms with E-state index in [0.29, 0.717) is 41.4 Å². The molecule has 1 fully saturated rings. The average molecular weight is 484 g/mol. The first-order valence-corrected chi connectivity index (χ1v) is 10.4. The lowest BCUT2D eigenvalue weighted by Crippen LogP contribution is -2.53. The summed E-state index contributed by atoms with van der Waals surface area (Å²) >= 11 is 9.30. The van der Waals surface area contributed by atoms with E-state index < -0.39 is 6.10 Å². The van der Waals surface area contributed by atoms with Crippen LogP contribution in [0.15, 0.2) is 46.9 Å². The van der Waals surface area contributed by atoms with E-state index in [1.807, 2.05) is 0 Å². The predicted octanol–water partition coefficient (Wildman–Crippen LogP) is 3.92. The lowest BCUT2D eigenvalue weighted by Gasteiger charge is -2.36. The summed E-state index contributed by atoms with van der Waals surface area (Å²) < 4.78 is 19.4. The van der Waals surface area contributed by atoms with Crippen LogP contribution in [0, 0.1) is 5.82 Å². The number of benzene rings is 2. The molecule has 1 saturated heterocycles. The minimum Gasteiger partial charge on any atom is -0.480 e. The van der Waals surface area contributed by atoms with Crippen molar-refractivity contribution in [2.24, 2.45) is 0 Å². The molecule has 5 nitrogen and oxygen atoms in total. The zero-order valence-electron chi connectivity index (χ0n) is 15.9. The zero-order valence-corrected chi connectivity index (χ0v) is 18.2. The Hall–Kier alpha value is -2.12. The molecule has 0 saturated carbocycles. The molecule has 2 aromatic rings. The molecule has 0 aliphatic carbocycles. The minimum absolute atomic E-state index is 0.0295. The third kappa shape index (κ3) is 5.70. The van der Waals surface area contributed by atoms with Crippen LogP contribution < -0.4 is 4.74 Å². The minimum atomic E-state index is -0.658. The fraction of sp³-hybridized carbons (Fsp3) is 0.333. The van der Waals surface area contributed by atoms with Crippen LogP contribution in [-0.2, 0) is 16.0 Å². The Morgan fingerprint density at radius 2 is 1.72 bits per heavy atom. The molecule has 0 radical (unpaired) electrons. The van der Waals surface area contributed by atoms with Gasteiger partial charge in [0.2, 0.25) is 5.91 Å². The number of rotatable bonds is 5. The Kier molecular flexibility index (Phi) is 7.14. The maximum atomic E-state index is 13.0. The van der Waals surface area contributed by atoms with Gasteiger partial charge in [0.15, 0.2) is 6.10 Å². The van der Waals surface area contributed by atoms with Gasteiger partial charge < -0.3 is 14.5 Å². The van der Waals surface area contributed by atoms with Crippen molar-refractivity contribution in [3.8, 4) is 5.75 Å². The summed E-state index contributed by atoms with van der Waals surface area (Å²) in [7, 11) is 0. The zero-order chi connectivity index (χ0) is 21.0. The summed E-state index contributed by atoms with van der Waals surface area (Å²) in [4.78, 5) is 28.6. The summed E-state index contributed by atoms with van der Waals surface area (Å²) in [5.74, 6) is 0.0641. The molecular formula is C21H21BrClFN2O3. The van der Waals surface area contributed by atoms with Gasteiger partial charge in [0.25, 0.3) is 5.91 Å². The van der Waals surface area contributed by atoms with E-state index in [9.17, 15) is 14.0 Å². The smallest absolute Gasteiger partial charge is 0.263 e. The van der Waals surface area contributed by atoms with Crippen molar-refractivity contribution in [3.05, 3.63) is 63.3 Å². The molecule has 0 bridgehead atoms. The second-order valence-electron chi connectivity index (χ2n) is 6.84. The number of halogens is 3. The number of piperazine rings is 1. The van der Waals surface area contributed by atoms with Crippen LogP contribution in [0.5, 0.6) is 5.75 Å². The second kappa shape index (κ2) is 9.59. The summed E-state index contributed by atoms with van der Waals surface area (Å²) in [6.45, 7) is 3.52. The molecule has 29 heavy (non-hydrogen) atoms. The molecule has 0 aromatic heterocycles. The van der Waals surface area contributed by atoms with E-state index in [1.165, 1.54) is 12.1 Å². The SMILES string of the molecule is CC(Oc1ccc(Cl)cc1Br)C(=O)N1CCN(C(=O)Cc2ccc(F)cc2)CC1. The standard InChI is InChI=1S/C21H21BrClFN2O3/c1-14(29-19-7-4-16(23)13-18(19)22)21(28)26-10-8-25(9-11-26)20(27)12-15-2-5-17(24)6-3-15/h2-7,13-14H,8-12H2,1H3. The molecule has 1 heterocycles. The summed E-state index contributed by atoms with van der Waals surface area (Å²) in [5, 5.41) is 0.574. The van der Waals surface area contributed by atoms with Gasteiger partial charge in [0.05, 0.1) is 10.9 Å². The van der Waals surface area contributed by atoms with Gasteiger partial charge in [-0.15, -0.1) is 0 Å². The molecule has 0 spiro atoms. The van der Waals surface area contributed by atoms with Gasteiger partial charge in [-0.05, 0) is 58.7 Å². The lowest BCUT2D eigenvalue weighted by atomic mass is 10.1. The summed E-state index contributed by atoms with van der Waals surface area (Å²) in [6.07, 6.45) is -0.438. The van der Waals surface area contributed by atoms with Gasteiger partial charge in [-0.25, -0.2) is 4.39 Å². The topological polar surface area (TPSA) is 49.9 Å². The van der Waals surface area contributed by atoms with E-state index in [2.05, 4.69) is 15.9 Å². The molecule has 1 atom stereocenters. The fourth-order valence-corrected chi connectivity index (χ4v) is 3.91. The molecule has 154 valence electrons. The van der Waals surface area contributed by atoms with Crippen LogP contribution in [0.2, 0.25) is 5.02 Å². The van der Waals surface area contributed by atoms with Crippen molar-refractivity contribution >= 4 is 39.3 Å². The van der Waals surface area contributed by atoms with E-state index >= 15 is 0 Å². The number of carbonyl (C=O) groups is 2. The van der Waals surface area contributed by atoms with Crippen molar-refractivity contribution in [1.29, 1.82) is 0 Å². The highest BCUT2D eigenvalue weighted by Crippen LogP contribution is 2.29. The predicted molar refractivity (Wildman–Crippen MR) is 113 cm³/mol. The second-order valence-corrected chi connectivity index (χ2v) is 8.13. The maximum absolute atomic E-state index is 13.0. The Morgan fingerprint density at radius 3 is 2.34 bits per heavy atom. The van der Waals surface area contributed by atoms with Crippen LogP contribution in [0.1, 0.15) is 12.5 Å². The highest BCUT2D eigenvalue weighted by Gasteiger charge is 2.28. The fourth-order valence-electron chi connectivity index (χ4n) is 3.13. The molecule has 0 N–H and O–H groups in total. The van der Waals surface area contributed by atoms with E-state index in [-0.39, 0.29) is 24.1 Å². The van der Waals surface area contributed by atoms with E-state index in [1.54, 1.807) is 47.1 Å². The van der Waals surface area contributed by atoms with Crippen molar-refractivity contribution < 1.29 is 18.7 Å². The van der Waals surface area contributed by atoms with E-state index in [4.69, 9.17) is 16.3 Å². The van der Waals surface area contributed by atoms with Crippen LogP contribution in [-0.4, -0.2) is 53.9 Å². The Balaban J connectivity index is 1.50. The number of nitrogens with zero attached hydrogens (tertiary/aromatic N) is 2. The van der Waals surface area contributed by atoms with Crippen molar-refractivity contribution in [1.82, 2.24) is 9.80 Å². The third-order valence-corrected chi connectivity index (χ3v) is 5.61. The van der Waals surface area contributed by atoms with Crippen LogP contribution in [0.25, 0.3) is 0 Å². The van der Waals surface area contributed by atoms with Crippen LogP contribution in [0.3, 0.4) is 0 Å². The third-order valence-electron chi connectivity index (χ3n) is 4.76. The quantitative estimate of drug-likeness (QED) is 0.648. The van der Waals surface area contributed by atoms with E-state index in [0.717, 1.165) is 5.56 Å². The molecule has 1 unspecified atom stereocenters. The first-order valence-electron chi connectivity index (χ1n) is 9.26. The van der Waals surface area contributed by atoms with Crippen molar-refractivity contribution in [2.75, 3.05) is 26.2 Å². The summed E-state index contributed by atoms with van der Waals surface area (Å²) in [5.41, 5.74) is 0.769. The van der Waals surface area contributed by atoms with Crippen molar-refractivity contribution in [3.63, 3.8) is 0 Å². The van der Waals surface area contributed by atoms with Crippen LogP contribution >= 0.6 is 27.5 Å². The average Bonchev–Trinajstić information content (AvgIpc) is 2.71. The molecular weight excluding hydrogens is 463 g/mol. The number of ether oxygens (including phenoxy) is 1. The Labute approximate surface area is 182 Å². The van der Waals surface area contributed by atoms with Crippen molar-refractivity contribution in [2.45, 2.75) is 19.4 Å². The van der Waals surface area contributed by atoms with Gasteiger partial charge in [-0.1, -0.05) is 23.7 Å². The molecule has 2 amide bonds. The van der Waals surface area contributed by atoms with Gasteiger partial charge >= 0.3 is 0 Å². The molecule has 8 heteroatoms. The Morgan fingerprint density at radius 1 is 1.10 bits per heavy atom. The number of hydrogen-bond acceptors (Lipinski definition) is 3. The van der Waals surface area contributed by atoms with Crippen LogP contribution in [0.4, 0.5) is 4.39 Å². The number of carbonyl (C=O) groups excluding carboxylic acids is 2. The monoisotopic (exact) mass is 482 g/mol. The maximum Gasteiger partial charge on any atom is 0.263 e. The molecule has 1 aliphatic rings. The highest BCUT2D eigenvalue weighted by atomic mass is 79.9. The number of hydrogen-bond donors (Lipinski definition) is 0. The molecule has 3 rings (SSSR count). The summed E-state index contributed by atoms with van der Waals surface area (Å²) in [6, 6.07) is 11.0. The molecule has 2 aromatic carbocycles. The normalized spacial score (nSPS) is 15.2. The first-order chi connectivity index (χ1) is 13.8.